The Morgan fingerprint density at radius 1 is 1.40 bits per heavy atom. The second kappa shape index (κ2) is 8.17. The molecule has 0 N–H and O–H groups in total. The van der Waals surface area contributed by atoms with Crippen molar-refractivity contribution in [3.8, 4) is 0 Å². The zero-order chi connectivity index (χ0) is 11.7. The van der Waals surface area contributed by atoms with Crippen molar-refractivity contribution in [3.05, 3.63) is 0 Å². The number of unbranched alkanes of at least 4 members (excludes halogenated alkanes) is 1. The lowest BCUT2D eigenvalue weighted by atomic mass is 9.83. The maximum atomic E-state index is 11.0. The molecule has 0 aromatic rings. The molecule has 0 amide bonds. The molecule has 0 aliphatic carbocycles. The predicted octanol–water partition coefficient (Wildman–Crippen LogP) is 3.50. The summed E-state index contributed by atoms with van der Waals surface area (Å²) in [6.07, 6.45) is 4.67. The Balaban J connectivity index is 4.27. The van der Waals surface area contributed by atoms with E-state index in [-0.39, 0.29) is 10.5 Å². The van der Waals surface area contributed by atoms with Crippen LogP contribution in [0.15, 0.2) is 0 Å². The van der Waals surface area contributed by atoms with Crippen LogP contribution in [0.1, 0.15) is 46.5 Å². The minimum atomic E-state index is 0.196. The van der Waals surface area contributed by atoms with Crippen molar-refractivity contribution in [2.24, 2.45) is 5.41 Å². The van der Waals surface area contributed by atoms with E-state index in [9.17, 15) is 4.79 Å². The quantitative estimate of drug-likeness (QED) is 0.640. The number of thioether (sulfide) groups is 1. The van der Waals surface area contributed by atoms with Crippen molar-refractivity contribution in [1.29, 1.82) is 0 Å². The molecule has 1 unspecified atom stereocenters. The van der Waals surface area contributed by atoms with Gasteiger partial charge in [0.15, 0.2) is 5.12 Å². The van der Waals surface area contributed by atoms with Crippen molar-refractivity contribution in [3.63, 3.8) is 0 Å². The van der Waals surface area contributed by atoms with Crippen molar-refractivity contribution < 1.29 is 9.53 Å². The molecule has 0 aliphatic rings. The summed E-state index contributed by atoms with van der Waals surface area (Å²) in [5, 5.41) is 0.209. The summed E-state index contributed by atoms with van der Waals surface area (Å²) in [6, 6.07) is 0. The zero-order valence-corrected chi connectivity index (χ0v) is 11.3. The van der Waals surface area contributed by atoms with E-state index in [2.05, 4.69) is 13.8 Å². The van der Waals surface area contributed by atoms with Gasteiger partial charge >= 0.3 is 0 Å². The molecule has 1 atom stereocenters. The van der Waals surface area contributed by atoms with Crippen LogP contribution in [0.25, 0.3) is 0 Å². The van der Waals surface area contributed by atoms with Gasteiger partial charge in [0.25, 0.3) is 0 Å². The van der Waals surface area contributed by atoms with E-state index >= 15 is 0 Å². The Labute approximate surface area is 98.2 Å². The highest BCUT2D eigenvalue weighted by Gasteiger charge is 2.28. The van der Waals surface area contributed by atoms with Crippen molar-refractivity contribution in [2.75, 3.05) is 19.5 Å². The van der Waals surface area contributed by atoms with Gasteiger partial charge in [0, 0.05) is 25.2 Å². The maximum Gasteiger partial charge on any atom is 0.185 e. The molecular formula is C12H24O2S. The van der Waals surface area contributed by atoms with Crippen LogP contribution in [-0.2, 0) is 9.53 Å². The minimum absolute atomic E-state index is 0.196. The molecule has 0 fully saturated rings. The summed E-state index contributed by atoms with van der Waals surface area (Å²) < 4.78 is 5.30. The first-order valence-corrected chi connectivity index (χ1v) is 6.71. The molecule has 0 aromatic heterocycles. The molecule has 0 saturated carbocycles. The van der Waals surface area contributed by atoms with Crippen LogP contribution >= 0.6 is 11.8 Å². The molecule has 3 heteroatoms. The fourth-order valence-electron chi connectivity index (χ4n) is 1.68. The molecule has 0 aromatic carbocycles. The summed E-state index contributed by atoms with van der Waals surface area (Å²) in [4.78, 5) is 11.0. The number of hydrogen-bond donors (Lipinski definition) is 0. The van der Waals surface area contributed by atoms with Crippen LogP contribution in [0, 0.1) is 5.41 Å². The average Bonchev–Trinajstić information content (AvgIpc) is 2.22. The molecule has 0 radical (unpaired) electrons. The van der Waals surface area contributed by atoms with Crippen LogP contribution in [0.5, 0.6) is 0 Å². The standard InChI is InChI=1S/C12H24O2S/c1-5-7-8-12(6-2,9-14-4)10-15-11(3)13/h5-10H2,1-4H3. The lowest BCUT2D eigenvalue weighted by Gasteiger charge is -2.31. The van der Waals surface area contributed by atoms with Gasteiger partial charge in [-0.05, 0) is 12.8 Å². The van der Waals surface area contributed by atoms with E-state index in [1.54, 1.807) is 14.0 Å². The number of carbonyl (C=O) groups is 1. The predicted molar refractivity (Wildman–Crippen MR) is 67.3 cm³/mol. The summed E-state index contributed by atoms with van der Waals surface area (Å²) >= 11 is 1.43. The number of rotatable bonds is 8. The van der Waals surface area contributed by atoms with E-state index in [4.69, 9.17) is 4.74 Å². The van der Waals surface area contributed by atoms with Gasteiger partial charge in [-0.1, -0.05) is 38.5 Å². The van der Waals surface area contributed by atoms with Gasteiger partial charge in [0.2, 0.25) is 0 Å². The van der Waals surface area contributed by atoms with E-state index in [1.165, 1.54) is 24.6 Å². The van der Waals surface area contributed by atoms with Gasteiger partial charge < -0.3 is 4.74 Å². The molecule has 0 bridgehead atoms. The van der Waals surface area contributed by atoms with Crippen molar-refractivity contribution >= 4 is 16.9 Å². The highest BCUT2D eigenvalue weighted by Crippen LogP contribution is 2.33. The fourth-order valence-corrected chi connectivity index (χ4v) is 2.62. The Morgan fingerprint density at radius 2 is 2.07 bits per heavy atom. The first-order valence-electron chi connectivity index (χ1n) is 5.72. The lowest BCUT2D eigenvalue weighted by molar-refractivity contribution is -0.109. The fraction of sp³-hybridized carbons (Fsp3) is 0.917. The van der Waals surface area contributed by atoms with Crippen molar-refractivity contribution in [2.45, 2.75) is 46.5 Å². The molecule has 0 saturated heterocycles. The highest BCUT2D eigenvalue weighted by molar-refractivity contribution is 8.13. The summed E-state index contributed by atoms with van der Waals surface area (Å²) in [5.74, 6) is 0.896. The lowest BCUT2D eigenvalue weighted by Crippen LogP contribution is -2.29. The van der Waals surface area contributed by atoms with E-state index in [0.29, 0.717) is 0 Å². The molecule has 0 spiro atoms. The Morgan fingerprint density at radius 3 is 2.47 bits per heavy atom. The monoisotopic (exact) mass is 232 g/mol. The SMILES string of the molecule is CCCCC(CC)(COC)CSC(C)=O. The molecule has 15 heavy (non-hydrogen) atoms. The van der Waals surface area contributed by atoms with E-state index in [0.717, 1.165) is 25.2 Å². The second-order valence-corrected chi connectivity index (χ2v) is 5.32. The van der Waals surface area contributed by atoms with Crippen LogP contribution in [-0.4, -0.2) is 24.6 Å². The van der Waals surface area contributed by atoms with Crippen LogP contribution in [0.4, 0.5) is 0 Å². The summed E-state index contributed by atoms with van der Waals surface area (Å²) in [5.41, 5.74) is 0.196. The van der Waals surface area contributed by atoms with Crippen LogP contribution in [0.2, 0.25) is 0 Å². The number of methoxy groups -OCH3 is 1. The maximum absolute atomic E-state index is 11.0. The number of hydrogen-bond acceptors (Lipinski definition) is 3. The van der Waals surface area contributed by atoms with Gasteiger partial charge in [-0.2, -0.15) is 0 Å². The molecule has 0 heterocycles. The average molecular weight is 232 g/mol. The smallest absolute Gasteiger partial charge is 0.185 e. The summed E-state index contributed by atoms with van der Waals surface area (Å²) in [6.45, 7) is 6.79. The normalized spacial score (nSPS) is 14.9. The highest BCUT2D eigenvalue weighted by atomic mass is 32.2. The summed E-state index contributed by atoms with van der Waals surface area (Å²) in [7, 11) is 1.74. The number of carbonyl (C=O) groups excluding carboxylic acids is 1. The van der Waals surface area contributed by atoms with Gasteiger partial charge in [-0.15, -0.1) is 0 Å². The zero-order valence-electron chi connectivity index (χ0n) is 10.5. The van der Waals surface area contributed by atoms with Crippen molar-refractivity contribution in [1.82, 2.24) is 0 Å². The Hall–Kier alpha value is -0.0200. The molecular weight excluding hydrogens is 208 g/mol. The molecule has 90 valence electrons. The van der Waals surface area contributed by atoms with Crippen LogP contribution in [0.3, 0.4) is 0 Å². The Bertz CT molecular complexity index is 182. The van der Waals surface area contributed by atoms with Gasteiger partial charge in [-0.25, -0.2) is 0 Å². The first kappa shape index (κ1) is 15.0. The minimum Gasteiger partial charge on any atom is -0.384 e. The van der Waals surface area contributed by atoms with E-state index in [1.807, 2.05) is 0 Å². The van der Waals surface area contributed by atoms with Gasteiger partial charge in [0.1, 0.15) is 0 Å². The largest absolute Gasteiger partial charge is 0.384 e. The molecule has 2 nitrogen and oxygen atoms in total. The van der Waals surface area contributed by atoms with E-state index < -0.39 is 0 Å². The van der Waals surface area contributed by atoms with Gasteiger partial charge in [0.05, 0.1) is 6.61 Å². The second-order valence-electron chi connectivity index (χ2n) is 4.17. The third kappa shape index (κ3) is 6.21. The Kier molecular flexibility index (Phi) is 8.16. The van der Waals surface area contributed by atoms with Crippen LogP contribution < -0.4 is 0 Å². The van der Waals surface area contributed by atoms with Gasteiger partial charge in [-0.3, -0.25) is 4.79 Å². The molecule has 0 aliphatic heterocycles. The first-order chi connectivity index (χ1) is 7.10. The molecule has 0 rings (SSSR count). The third-order valence-corrected chi connectivity index (χ3v) is 4.01. The topological polar surface area (TPSA) is 26.3 Å². The number of ether oxygens (including phenoxy) is 1. The third-order valence-electron chi connectivity index (χ3n) is 2.84.